The summed E-state index contributed by atoms with van der Waals surface area (Å²) in [4.78, 5) is 32.3. The van der Waals surface area contributed by atoms with Gasteiger partial charge in [0.05, 0.1) is 10.1 Å². The fourth-order valence-electron chi connectivity index (χ4n) is 6.86. The number of imide groups is 1. The van der Waals surface area contributed by atoms with Gasteiger partial charge >= 0.3 is 0 Å². The van der Waals surface area contributed by atoms with Crippen LogP contribution in [0.4, 0.5) is 5.82 Å². The summed E-state index contributed by atoms with van der Waals surface area (Å²) in [5.41, 5.74) is -0.309. The number of nitrogens with zero attached hydrogens (tertiary/aromatic N) is 4. The third-order valence-electron chi connectivity index (χ3n) is 8.55. The van der Waals surface area contributed by atoms with Crippen LogP contribution in [0, 0.1) is 17.3 Å². The highest BCUT2D eigenvalue weighted by Gasteiger charge is 2.61. The molecule has 6 rings (SSSR count). The zero-order chi connectivity index (χ0) is 21.7. The third kappa shape index (κ3) is 3.36. The van der Waals surface area contributed by atoms with Crippen LogP contribution in [0.15, 0.2) is 24.3 Å². The average molecular weight is 453 g/mol. The van der Waals surface area contributed by atoms with Crippen LogP contribution in [0.1, 0.15) is 44.9 Å². The average Bonchev–Trinajstić information content (AvgIpc) is 3.57. The Hall–Kier alpha value is -1.99. The lowest BCUT2D eigenvalue weighted by Gasteiger charge is -2.35. The number of carbonyl (C=O) groups excluding carboxylic acids is 2. The second-order valence-corrected chi connectivity index (χ2v) is 11.1. The maximum atomic E-state index is 13.2. The van der Waals surface area contributed by atoms with Crippen LogP contribution in [-0.2, 0) is 9.59 Å². The molecule has 3 heterocycles. The number of likely N-dealkylation sites (tertiary alicyclic amines) is 1. The molecule has 2 amide bonds. The number of aromatic nitrogens is 1. The van der Waals surface area contributed by atoms with Crippen LogP contribution >= 0.6 is 11.5 Å². The summed E-state index contributed by atoms with van der Waals surface area (Å²) in [5.74, 6) is 2.55. The van der Waals surface area contributed by atoms with Crippen LogP contribution < -0.4 is 4.90 Å². The standard InChI is InChI=1S/C25H32N4O2S/c30-22-17-25(16-18-7-8-19(25)15-18)24(31)29(22)10-4-3-9-27-11-13-28(14-12-27)23-20-5-1-2-6-21(20)32-26-23/h1-2,5-6,18-19H,3-4,7-17H2/t18-,19+,25?/m0/s1. The second kappa shape index (κ2) is 8.10. The molecule has 170 valence electrons. The van der Waals surface area contributed by atoms with E-state index < -0.39 is 0 Å². The summed E-state index contributed by atoms with van der Waals surface area (Å²) in [7, 11) is 0. The highest BCUT2D eigenvalue weighted by Crippen LogP contribution is 2.60. The summed E-state index contributed by atoms with van der Waals surface area (Å²) in [6, 6.07) is 8.47. The van der Waals surface area contributed by atoms with Gasteiger partial charge in [0, 0.05) is 44.5 Å². The molecule has 6 nitrogen and oxygen atoms in total. The summed E-state index contributed by atoms with van der Waals surface area (Å²) < 4.78 is 5.95. The van der Waals surface area contributed by atoms with E-state index in [1.807, 2.05) is 0 Å². The predicted octanol–water partition coefficient (Wildman–Crippen LogP) is 3.76. The van der Waals surface area contributed by atoms with Crippen LogP contribution in [0.2, 0.25) is 0 Å². The summed E-state index contributed by atoms with van der Waals surface area (Å²) in [5, 5.41) is 1.26. The predicted molar refractivity (Wildman–Crippen MR) is 127 cm³/mol. The molecular formula is C25H32N4O2S. The van der Waals surface area contributed by atoms with Crippen molar-refractivity contribution in [3.63, 3.8) is 0 Å². The van der Waals surface area contributed by atoms with Crippen LogP contribution in [-0.4, -0.2) is 65.3 Å². The van der Waals surface area contributed by atoms with Crippen molar-refractivity contribution in [1.82, 2.24) is 14.2 Å². The SMILES string of the molecule is O=C1CC2(C[C@H]3CC[C@@H]2C3)C(=O)N1CCCCN1CCN(c2nsc3ccccc23)CC1. The van der Waals surface area contributed by atoms with Gasteiger partial charge in [-0.05, 0) is 74.1 Å². The van der Waals surface area contributed by atoms with Gasteiger partial charge in [-0.15, -0.1) is 0 Å². The van der Waals surface area contributed by atoms with Gasteiger partial charge in [0.2, 0.25) is 11.8 Å². The largest absolute Gasteiger partial charge is 0.353 e. The Morgan fingerprint density at radius 2 is 1.84 bits per heavy atom. The number of unbranched alkanes of at least 4 members (excludes halogenated alkanes) is 1. The Morgan fingerprint density at radius 3 is 2.62 bits per heavy atom. The second-order valence-electron chi connectivity index (χ2n) is 10.3. The normalized spacial score (nSPS) is 30.5. The molecule has 0 radical (unpaired) electrons. The first-order valence-electron chi connectivity index (χ1n) is 12.3. The number of carbonyl (C=O) groups is 2. The van der Waals surface area contributed by atoms with E-state index in [0.29, 0.717) is 24.8 Å². The van der Waals surface area contributed by atoms with E-state index in [0.717, 1.165) is 64.2 Å². The number of piperazine rings is 1. The molecule has 2 bridgehead atoms. The monoisotopic (exact) mass is 452 g/mol. The molecule has 32 heavy (non-hydrogen) atoms. The van der Waals surface area contributed by atoms with Crippen molar-refractivity contribution in [2.75, 3.05) is 44.2 Å². The Morgan fingerprint density at radius 1 is 1.03 bits per heavy atom. The van der Waals surface area contributed by atoms with E-state index in [4.69, 9.17) is 4.37 Å². The van der Waals surface area contributed by atoms with E-state index >= 15 is 0 Å². The lowest BCUT2D eigenvalue weighted by molar-refractivity contribution is -0.142. The van der Waals surface area contributed by atoms with E-state index in [9.17, 15) is 9.59 Å². The van der Waals surface area contributed by atoms with Gasteiger partial charge in [-0.1, -0.05) is 18.6 Å². The van der Waals surface area contributed by atoms with Crippen molar-refractivity contribution < 1.29 is 9.59 Å². The molecule has 3 atom stereocenters. The van der Waals surface area contributed by atoms with Gasteiger partial charge in [0.25, 0.3) is 0 Å². The van der Waals surface area contributed by atoms with E-state index in [1.54, 1.807) is 16.4 Å². The highest BCUT2D eigenvalue weighted by molar-refractivity contribution is 7.13. The van der Waals surface area contributed by atoms with Crippen LogP contribution in [0.5, 0.6) is 0 Å². The molecule has 4 aliphatic rings. The van der Waals surface area contributed by atoms with Gasteiger partial charge in [-0.3, -0.25) is 19.4 Å². The number of benzene rings is 1. The van der Waals surface area contributed by atoms with Crippen LogP contribution in [0.3, 0.4) is 0 Å². The van der Waals surface area contributed by atoms with Crippen molar-refractivity contribution in [2.45, 2.75) is 44.9 Å². The molecular weight excluding hydrogens is 420 g/mol. The van der Waals surface area contributed by atoms with E-state index in [2.05, 4.69) is 34.1 Å². The number of amides is 2. The molecule has 7 heteroatoms. The Bertz CT molecular complexity index is 1030. The highest BCUT2D eigenvalue weighted by atomic mass is 32.1. The smallest absolute Gasteiger partial charge is 0.236 e. The molecule has 2 aliphatic carbocycles. The maximum Gasteiger partial charge on any atom is 0.236 e. The summed E-state index contributed by atoms with van der Waals surface area (Å²) in [6.07, 6.45) is 7.00. The molecule has 2 aromatic rings. The number of rotatable bonds is 6. The molecule has 2 saturated carbocycles. The topological polar surface area (TPSA) is 56.8 Å². The van der Waals surface area contributed by atoms with Crippen molar-refractivity contribution >= 4 is 39.3 Å². The van der Waals surface area contributed by atoms with Crippen molar-refractivity contribution in [3.8, 4) is 0 Å². The van der Waals surface area contributed by atoms with E-state index in [-0.39, 0.29) is 17.2 Å². The first-order chi connectivity index (χ1) is 15.6. The first-order valence-corrected chi connectivity index (χ1v) is 13.1. The fraction of sp³-hybridized carbons (Fsp3) is 0.640. The number of fused-ring (bicyclic) bond motifs is 4. The fourth-order valence-corrected chi connectivity index (χ4v) is 7.66. The van der Waals surface area contributed by atoms with Gasteiger partial charge in [-0.25, -0.2) is 0 Å². The number of anilines is 1. The first kappa shape index (κ1) is 20.6. The van der Waals surface area contributed by atoms with Gasteiger partial charge in [-0.2, -0.15) is 4.37 Å². The van der Waals surface area contributed by atoms with Crippen LogP contribution in [0.25, 0.3) is 10.1 Å². The van der Waals surface area contributed by atoms with Gasteiger partial charge in [0.1, 0.15) is 5.82 Å². The summed E-state index contributed by atoms with van der Waals surface area (Å²) in [6.45, 7) is 5.74. The summed E-state index contributed by atoms with van der Waals surface area (Å²) >= 11 is 1.58. The third-order valence-corrected chi connectivity index (χ3v) is 9.37. The maximum absolute atomic E-state index is 13.2. The molecule has 2 saturated heterocycles. The lowest BCUT2D eigenvalue weighted by atomic mass is 9.72. The zero-order valence-electron chi connectivity index (χ0n) is 18.7. The minimum atomic E-state index is -0.309. The number of hydrogen-bond acceptors (Lipinski definition) is 6. The molecule has 1 aromatic heterocycles. The molecule has 1 aromatic carbocycles. The lowest BCUT2D eigenvalue weighted by Crippen LogP contribution is -2.47. The molecule has 2 aliphatic heterocycles. The Labute approximate surface area is 193 Å². The van der Waals surface area contributed by atoms with Gasteiger partial charge < -0.3 is 4.90 Å². The zero-order valence-corrected chi connectivity index (χ0v) is 19.5. The molecule has 0 N–H and O–H groups in total. The quantitative estimate of drug-likeness (QED) is 0.493. The van der Waals surface area contributed by atoms with Crippen molar-refractivity contribution in [3.05, 3.63) is 24.3 Å². The minimum absolute atomic E-state index is 0.0895. The number of hydrogen-bond donors (Lipinski definition) is 0. The molecule has 4 fully saturated rings. The van der Waals surface area contributed by atoms with Crippen molar-refractivity contribution in [2.24, 2.45) is 17.3 Å². The van der Waals surface area contributed by atoms with Crippen molar-refractivity contribution in [1.29, 1.82) is 0 Å². The Kier molecular flexibility index (Phi) is 5.22. The molecule has 1 spiro atoms. The minimum Gasteiger partial charge on any atom is -0.353 e. The van der Waals surface area contributed by atoms with E-state index in [1.165, 1.54) is 22.9 Å². The Balaban J connectivity index is 0.967. The molecule has 1 unspecified atom stereocenters. The van der Waals surface area contributed by atoms with Gasteiger partial charge in [0.15, 0.2) is 0 Å².